The lowest BCUT2D eigenvalue weighted by Crippen LogP contribution is -1.79. The van der Waals surface area contributed by atoms with Gasteiger partial charge in [-0.1, -0.05) is 23.8 Å². The molecule has 0 unspecified atom stereocenters. The Balaban J connectivity index is 2.26. The van der Waals surface area contributed by atoms with Crippen molar-refractivity contribution in [1.29, 1.82) is 0 Å². The maximum absolute atomic E-state index is 9.24. The Morgan fingerprint density at radius 2 is 2.00 bits per heavy atom. The highest BCUT2D eigenvalue weighted by Gasteiger charge is 1.97. The van der Waals surface area contributed by atoms with Gasteiger partial charge in [0, 0.05) is 12.4 Å². The van der Waals surface area contributed by atoms with Crippen molar-refractivity contribution < 1.29 is 5.11 Å². The third-order valence-corrected chi connectivity index (χ3v) is 2.66. The van der Waals surface area contributed by atoms with Crippen LogP contribution in [0, 0.1) is 6.92 Å². The number of phenolic OH excluding ortho intramolecular Hbond substituents is 1. The minimum atomic E-state index is 0.171. The van der Waals surface area contributed by atoms with Crippen LogP contribution in [0.3, 0.4) is 0 Å². The molecule has 17 heavy (non-hydrogen) atoms. The molecule has 0 saturated carbocycles. The van der Waals surface area contributed by atoms with E-state index in [9.17, 15) is 5.11 Å². The van der Waals surface area contributed by atoms with Crippen LogP contribution in [0.5, 0.6) is 5.75 Å². The summed E-state index contributed by atoms with van der Waals surface area (Å²) < 4.78 is 0. The van der Waals surface area contributed by atoms with E-state index in [1.807, 2.05) is 31.3 Å². The summed E-state index contributed by atoms with van der Waals surface area (Å²) in [4.78, 5) is 4.11. The van der Waals surface area contributed by atoms with Crippen LogP contribution in [0.25, 0.3) is 12.2 Å². The van der Waals surface area contributed by atoms with Crippen LogP contribution in [0.4, 0.5) is 0 Å². The zero-order valence-corrected chi connectivity index (χ0v) is 10.1. The molecule has 0 radical (unpaired) electrons. The molecule has 2 aromatic rings. The number of rotatable bonds is 2. The highest BCUT2D eigenvalue weighted by molar-refractivity contribution is 6.32. The number of pyridine rings is 1. The Labute approximate surface area is 105 Å². The van der Waals surface area contributed by atoms with Crippen LogP contribution in [-0.4, -0.2) is 10.1 Å². The highest BCUT2D eigenvalue weighted by Crippen LogP contribution is 2.23. The molecule has 1 heterocycles. The number of benzene rings is 1. The number of phenols is 1. The second kappa shape index (κ2) is 5.02. The lowest BCUT2D eigenvalue weighted by molar-refractivity contribution is 0.475. The summed E-state index contributed by atoms with van der Waals surface area (Å²) in [7, 11) is 0. The molecule has 0 aliphatic heterocycles. The molecule has 1 aromatic carbocycles. The van der Waals surface area contributed by atoms with Gasteiger partial charge in [0.15, 0.2) is 0 Å². The normalized spacial score (nSPS) is 10.9. The smallest absolute Gasteiger partial charge is 0.117 e. The minimum absolute atomic E-state index is 0.171. The van der Waals surface area contributed by atoms with Crippen LogP contribution in [0.1, 0.15) is 16.7 Å². The second-order valence-corrected chi connectivity index (χ2v) is 4.24. The van der Waals surface area contributed by atoms with E-state index in [0.717, 1.165) is 16.7 Å². The van der Waals surface area contributed by atoms with Crippen LogP contribution >= 0.6 is 11.6 Å². The molecule has 0 bridgehead atoms. The quantitative estimate of drug-likeness (QED) is 0.870. The van der Waals surface area contributed by atoms with Crippen molar-refractivity contribution in [2.45, 2.75) is 6.92 Å². The largest absolute Gasteiger partial charge is 0.508 e. The number of hydrogen-bond acceptors (Lipinski definition) is 2. The van der Waals surface area contributed by atoms with Crippen molar-refractivity contribution in [1.82, 2.24) is 4.98 Å². The number of hydrogen-bond donors (Lipinski definition) is 1. The Bertz CT molecular complexity index is 564. The van der Waals surface area contributed by atoms with Crippen LogP contribution in [-0.2, 0) is 0 Å². The Hall–Kier alpha value is -1.80. The summed E-state index contributed by atoms with van der Waals surface area (Å²) in [6.45, 7) is 2.00. The maximum atomic E-state index is 9.24. The van der Waals surface area contributed by atoms with E-state index in [4.69, 9.17) is 11.6 Å². The van der Waals surface area contributed by atoms with E-state index >= 15 is 0 Å². The molecule has 2 rings (SSSR count). The molecule has 0 saturated heterocycles. The zero-order chi connectivity index (χ0) is 12.3. The van der Waals surface area contributed by atoms with Gasteiger partial charge in [0.05, 0.1) is 5.02 Å². The summed E-state index contributed by atoms with van der Waals surface area (Å²) in [5.41, 5.74) is 3.00. The first kappa shape index (κ1) is 11.7. The Morgan fingerprint density at radius 1 is 1.18 bits per heavy atom. The van der Waals surface area contributed by atoms with E-state index in [1.165, 1.54) is 6.07 Å². The van der Waals surface area contributed by atoms with Gasteiger partial charge in [-0.25, -0.2) is 0 Å². The van der Waals surface area contributed by atoms with Crippen LogP contribution < -0.4 is 0 Å². The van der Waals surface area contributed by atoms with E-state index in [1.54, 1.807) is 18.3 Å². The highest BCUT2D eigenvalue weighted by atomic mass is 35.5. The first-order valence-corrected chi connectivity index (χ1v) is 5.61. The van der Waals surface area contributed by atoms with Gasteiger partial charge in [0.25, 0.3) is 0 Å². The fourth-order valence-electron chi connectivity index (χ4n) is 1.51. The van der Waals surface area contributed by atoms with Gasteiger partial charge in [-0.15, -0.1) is 0 Å². The molecule has 0 aliphatic rings. The van der Waals surface area contributed by atoms with Crippen LogP contribution in [0.15, 0.2) is 36.7 Å². The van der Waals surface area contributed by atoms with E-state index in [2.05, 4.69) is 4.98 Å². The number of nitrogens with zero attached hydrogens (tertiary/aromatic N) is 1. The van der Waals surface area contributed by atoms with Gasteiger partial charge in [-0.3, -0.25) is 4.98 Å². The monoisotopic (exact) mass is 245 g/mol. The SMILES string of the molecule is Cc1cncc(C=Cc2ccc(O)cc2Cl)c1. The Morgan fingerprint density at radius 3 is 2.71 bits per heavy atom. The number of aromatic nitrogens is 1. The standard InChI is InChI=1S/C14H12ClNO/c1-10-6-11(9-16-8-10)2-3-12-4-5-13(17)7-14(12)15/h2-9,17H,1H3. The van der Waals surface area contributed by atoms with Crippen molar-refractivity contribution in [3.63, 3.8) is 0 Å². The van der Waals surface area contributed by atoms with Crippen molar-refractivity contribution in [2.24, 2.45) is 0 Å². The van der Waals surface area contributed by atoms with E-state index < -0.39 is 0 Å². The molecule has 0 fully saturated rings. The molecular formula is C14H12ClNO. The third-order valence-electron chi connectivity index (χ3n) is 2.34. The number of aromatic hydroxyl groups is 1. The molecule has 3 heteroatoms. The predicted molar refractivity (Wildman–Crippen MR) is 71.0 cm³/mol. The average Bonchev–Trinajstić information content (AvgIpc) is 2.28. The van der Waals surface area contributed by atoms with Crippen LogP contribution in [0.2, 0.25) is 5.02 Å². The number of halogens is 1. The van der Waals surface area contributed by atoms with E-state index in [0.29, 0.717) is 5.02 Å². The van der Waals surface area contributed by atoms with Crippen molar-refractivity contribution >= 4 is 23.8 Å². The molecule has 2 nitrogen and oxygen atoms in total. The molecule has 0 aliphatic carbocycles. The molecule has 0 spiro atoms. The van der Waals surface area contributed by atoms with Gasteiger partial charge in [-0.05, 0) is 47.9 Å². The Kier molecular flexibility index (Phi) is 3.45. The maximum Gasteiger partial charge on any atom is 0.117 e. The van der Waals surface area contributed by atoms with Gasteiger partial charge >= 0.3 is 0 Å². The second-order valence-electron chi connectivity index (χ2n) is 3.83. The van der Waals surface area contributed by atoms with Gasteiger partial charge < -0.3 is 5.11 Å². The first-order valence-electron chi connectivity index (χ1n) is 5.23. The lowest BCUT2D eigenvalue weighted by atomic mass is 10.1. The molecule has 1 N–H and O–H groups in total. The fraction of sp³-hybridized carbons (Fsp3) is 0.0714. The lowest BCUT2D eigenvalue weighted by Gasteiger charge is -1.99. The molecule has 86 valence electrons. The van der Waals surface area contributed by atoms with Gasteiger partial charge in [0.1, 0.15) is 5.75 Å². The van der Waals surface area contributed by atoms with Gasteiger partial charge in [0.2, 0.25) is 0 Å². The molecular weight excluding hydrogens is 234 g/mol. The summed E-state index contributed by atoms with van der Waals surface area (Å²) >= 11 is 6.00. The third kappa shape index (κ3) is 3.08. The van der Waals surface area contributed by atoms with E-state index in [-0.39, 0.29) is 5.75 Å². The fourth-order valence-corrected chi connectivity index (χ4v) is 1.74. The minimum Gasteiger partial charge on any atom is -0.508 e. The summed E-state index contributed by atoms with van der Waals surface area (Å²) in [5.74, 6) is 0.171. The zero-order valence-electron chi connectivity index (χ0n) is 9.39. The first-order chi connectivity index (χ1) is 8.15. The molecule has 0 atom stereocenters. The summed E-state index contributed by atoms with van der Waals surface area (Å²) in [6, 6.07) is 6.95. The molecule has 1 aromatic heterocycles. The summed E-state index contributed by atoms with van der Waals surface area (Å²) in [5, 5.41) is 9.77. The van der Waals surface area contributed by atoms with Crippen molar-refractivity contribution in [2.75, 3.05) is 0 Å². The summed E-state index contributed by atoms with van der Waals surface area (Å²) in [6.07, 6.45) is 7.44. The molecule has 0 amide bonds. The van der Waals surface area contributed by atoms with Gasteiger partial charge in [-0.2, -0.15) is 0 Å². The number of aryl methyl sites for hydroxylation is 1. The van der Waals surface area contributed by atoms with Crippen molar-refractivity contribution in [3.05, 3.63) is 58.4 Å². The topological polar surface area (TPSA) is 33.1 Å². The predicted octanol–water partition coefficient (Wildman–Crippen LogP) is 3.92. The average molecular weight is 246 g/mol. The van der Waals surface area contributed by atoms with Crippen molar-refractivity contribution in [3.8, 4) is 5.75 Å².